The highest BCUT2D eigenvalue weighted by Gasteiger charge is 2.31. The zero-order valence-corrected chi connectivity index (χ0v) is 16.8. The molecule has 0 radical (unpaired) electrons. The molecular weight excluding hydrogens is 415 g/mol. The molecule has 1 amide bonds. The van der Waals surface area contributed by atoms with Crippen molar-refractivity contribution >= 4 is 16.8 Å². The lowest BCUT2D eigenvalue weighted by molar-refractivity contribution is -0.274. The highest BCUT2D eigenvalue weighted by molar-refractivity contribution is 5.82. The highest BCUT2D eigenvalue weighted by Crippen LogP contribution is 2.41. The molecule has 1 atom stereocenters. The summed E-state index contributed by atoms with van der Waals surface area (Å²) in [4.78, 5) is 25.4. The molecule has 1 unspecified atom stereocenters. The zero-order chi connectivity index (χ0) is 22.3. The second-order valence-electron chi connectivity index (χ2n) is 7.56. The Balaban J connectivity index is 1.46. The maximum atomic E-state index is 12.9. The first kappa shape index (κ1) is 20.9. The van der Waals surface area contributed by atoms with Crippen molar-refractivity contribution in [3.05, 3.63) is 52.1 Å². The molecule has 1 saturated carbocycles. The molecule has 3 aromatic rings. The van der Waals surface area contributed by atoms with Crippen molar-refractivity contribution in [3.8, 4) is 5.75 Å². The standard InChI is InChI=1S/C20H20F3N5O3/c1-11(12-5-7-14(8-6-12)31-20(21,22)23)25-16(29)10-28-19(30)17-15(9-24-28)27(2)26-18(17)13-3-4-13/h5-9,11,13H,3-4,10H2,1-2H3,(H,25,29). The molecule has 2 heterocycles. The quantitative estimate of drug-likeness (QED) is 0.643. The number of hydrogen-bond donors (Lipinski definition) is 1. The Morgan fingerprint density at radius 3 is 2.58 bits per heavy atom. The first-order chi connectivity index (χ1) is 14.6. The summed E-state index contributed by atoms with van der Waals surface area (Å²) in [6.45, 7) is 1.40. The number of fused-ring (bicyclic) bond motifs is 1. The van der Waals surface area contributed by atoms with Gasteiger partial charge in [-0.1, -0.05) is 12.1 Å². The van der Waals surface area contributed by atoms with Crippen LogP contribution in [0, 0.1) is 0 Å². The Morgan fingerprint density at radius 2 is 1.97 bits per heavy atom. The van der Waals surface area contributed by atoms with Crippen LogP contribution in [0.15, 0.2) is 35.3 Å². The van der Waals surface area contributed by atoms with Crippen molar-refractivity contribution in [2.75, 3.05) is 0 Å². The van der Waals surface area contributed by atoms with Crippen LogP contribution in [0.1, 0.15) is 43.0 Å². The van der Waals surface area contributed by atoms with Gasteiger partial charge in [-0.15, -0.1) is 13.2 Å². The van der Waals surface area contributed by atoms with E-state index in [2.05, 4.69) is 20.3 Å². The first-order valence-electron chi connectivity index (χ1n) is 9.70. The fourth-order valence-electron chi connectivity index (χ4n) is 3.45. The molecule has 1 aliphatic rings. The number of carbonyl (C=O) groups is 1. The second-order valence-corrected chi connectivity index (χ2v) is 7.56. The Morgan fingerprint density at radius 1 is 1.29 bits per heavy atom. The fourth-order valence-corrected chi connectivity index (χ4v) is 3.45. The van der Waals surface area contributed by atoms with E-state index in [9.17, 15) is 22.8 Å². The van der Waals surface area contributed by atoms with E-state index in [1.807, 2.05) is 0 Å². The van der Waals surface area contributed by atoms with Crippen LogP contribution in [0.5, 0.6) is 5.75 Å². The Bertz CT molecular complexity index is 1180. The molecule has 0 spiro atoms. The smallest absolute Gasteiger partial charge is 0.406 e. The van der Waals surface area contributed by atoms with Gasteiger partial charge in [0.05, 0.1) is 28.8 Å². The Hall–Kier alpha value is -3.37. The number of nitrogens with zero attached hydrogens (tertiary/aromatic N) is 4. The van der Waals surface area contributed by atoms with Crippen LogP contribution in [0.25, 0.3) is 10.9 Å². The molecule has 164 valence electrons. The predicted molar refractivity (Wildman–Crippen MR) is 104 cm³/mol. The van der Waals surface area contributed by atoms with Crippen molar-refractivity contribution in [3.63, 3.8) is 0 Å². The number of aryl methyl sites for hydroxylation is 1. The van der Waals surface area contributed by atoms with E-state index >= 15 is 0 Å². The van der Waals surface area contributed by atoms with E-state index in [0.717, 1.165) is 23.2 Å². The van der Waals surface area contributed by atoms with Gasteiger partial charge in [0.1, 0.15) is 12.3 Å². The summed E-state index contributed by atoms with van der Waals surface area (Å²) in [6, 6.07) is 4.72. The van der Waals surface area contributed by atoms with Gasteiger partial charge in [0.2, 0.25) is 5.91 Å². The number of carbonyl (C=O) groups excluding carboxylic acids is 1. The third-order valence-electron chi connectivity index (χ3n) is 5.13. The maximum absolute atomic E-state index is 12.9. The van der Waals surface area contributed by atoms with E-state index in [4.69, 9.17) is 0 Å². The minimum atomic E-state index is -4.77. The maximum Gasteiger partial charge on any atom is 0.573 e. The van der Waals surface area contributed by atoms with Gasteiger partial charge >= 0.3 is 6.36 Å². The van der Waals surface area contributed by atoms with Crippen LogP contribution in [-0.4, -0.2) is 31.8 Å². The summed E-state index contributed by atoms with van der Waals surface area (Å²) < 4.78 is 43.3. The SMILES string of the molecule is CC(NC(=O)Cn1ncc2c(c(C3CC3)nn2C)c1=O)c1ccc(OC(F)(F)F)cc1. The number of aromatic nitrogens is 4. The normalized spacial score (nSPS) is 15.1. The molecule has 1 N–H and O–H groups in total. The van der Waals surface area contributed by atoms with E-state index in [0.29, 0.717) is 16.5 Å². The number of benzene rings is 1. The van der Waals surface area contributed by atoms with Crippen LogP contribution in [0.2, 0.25) is 0 Å². The lowest BCUT2D eigenvalue weighted by Gasteiger charge is -2.15. The van der Waals surface area contributed by atoms with Crippen LogP contribution in [0.4, 0.5) is 13.2 Å². The van der Waals surface area contributed by atoms with Gasteiger partial charge in [-0.05, 0) is 37.5 Å². The van der Waals surface area contributed by atoms with Crippen LogP contribution < -0.4 is 15.6 Å². The zero-order valence-electron chi connectivity index (χ0n) is 16.8. The number of alkyl halides is 3. The summed E-state index contributed by atoms with van der Waals surface area (Å²) in [5.41, 5.74) is 1.58. The van der Waals surface area contributed by atoms with Gasteiger partial charge in [0.25, 0.3) is 5.56 Å². The minimum absolute atomic E-state index is 0.269. The molecule has 8 nitrogen and oxygen atoms in total. The van der Waals surface area contributed by atoms with Gasteiger partial charge in [-0.3, -0.25) is 14.3 Å². The number of rotatable bonds is 6. The number of amides is 1. The van der Waals surface area contributed by atoms with E-state index < -0.39 is 18.3 Å². The lowest BCUT2D eigenvalue weighted by atomic mass is 10.1. The summed E-state index contributed by atoms with van der Waals surface area (Å²) >= 11 is 0. The molecule has 0 aliphatic heterocycles. The van der Waals surface area contributed by atoms with Crippen molar-refractivity contribution in [1.29, 1.82) is 0 Å². The summed E-state index contributed by atoms with van der Waals surface area (Å²) in [5.74, 6) is -0.527. The highest BCUT2D eigenvalue weighted by atomic mass is 19.4. The first-order valence-corrected chi connectivity index (χ1v) is 9.70. The summed E-state index contributed by atoms with van der Waals surface area (Å²) in [5, 5.41) is 11.7. The average molecular weight is 435 g/mol. The van der Waals surface area contributed by atoms with Crippen molar-refractivity contribution in [2.24, 2.45) is 7.05 Å². The van der Waals surface area contributed by atoms with Gasteiger partial charge in [0.15, 0.2) is 0 Å². The number of ether oxygens (including phenoxy) is 1. The molecule has 0 bridgehead atoms. The average Bonchev–Trinajstić information content (AvgIpc) is 3.47. The van der Waals surface area contributed by atoms with Gasteiger partial charge in [-0.25, -0.2) is 4.68 Å². The number of nitrogens with one attached hydrogen (secondary N) is 1. The third kappa shape index (κ3) is 4.54. The van der Waals surface area contributed by atoms with Gasteiger partial charge in [-0.2, -0.15) is 10.2 Å². The Kier molecular flexibility index (Phi) is 5.19. The lowest BCUT2D eigenvalue weighted by Crippen LogP contribution is -2.35. The predicted octanol–water partition coefficient (Wildman–Crippen LogP) is 2.78. The van der Waals surface area contributed by atoms with E-state index in [-0.39, 0.29) is 23.8 Å². The number of halogens is 3. The fraction of sp³-hybridized carbons (Fsp3) is 0.400. The molecule has 11 heteroatoms. The van der Waals surface area contributed by atoms with Crippen LogP contribution >= 0.6 is 0 Å². The molecular formula is C20H20F3N5O3. The molecule has 1 fully saturated rings. The third-order valence-corrected chi connectivity index (χ3v) is 5.13. The van der Waals surface area contributed by atoms with Crippen LogP contribution in [-0.2, 0) is 18.4 Å². The second kappa shape index (κ2) is 7.71. The molecule has 0 saturated heterocycles. The van der Waals surface area contributed by atoms with E-state index in [1.54, 1.807) is 18.7 Å². The monoisotopic (exact) mass is 435 g/mol. The van der Waals surface area contributed by atoms with Crippen molar-refractivity contribution in [2.45, 2.75) is 44.6 Å². The van der Waals surface area contributed by atoms with E-state index in [1.165, 1.54) is 30.5 Å². The molecule has 1 aromatic carbocycles. The molecule has 4 rings (SSSR count). The Labute approximate surface area is 174 Å². The molecule has 2 aromatic heterocycles. The van der Waals surface area contributed by atoms with Crippen LogP contribution in [0.3, 0.4) is 0 Å². The molecule has 1 aliphatic carbocycles. The minimum Gasteiger partial charge on any atom is -0.406 e. The molecule has 31 heavy (non-hydrogen) atoms. The largest absolute Gasteiger partial charge is 0.573 e. The summed E-state index contributed by atoms with van der Waals surface area (Å²) in [7, 11) is 1.75. The topological polar surface area (TPSA) is 91.0 Å². The van der Waals surface area contributed by atoms with Crippen molar-refractivity contribution < 1.29 is 22.7 Å². The number of hydrogen-bond acceptors (Lipinski definition) is 5. The van der Waals surface area contributed by atoms with Gasteiger partial charge in [0, 0.05) is 13.0 Å². The summed E-state index contributed by atoms with van der Waals surface area (Å²) in [6.07, 6.45) is -1.28. The van der Waals surface area contributed by atoms with Gasteiger partial charge < -0.3 is 10.1 Å². The van der Waals surface area contributed by atoms with Crippen molar-refractivity contribution in [1.82, 2.24) is 24.9 Å².